The molecule has 134 valence electrons. The van der Waals surface area contributed by atoms with Crippen molar-refractivity contribution in [1.82, 2.24) is 0 Å². The van der Waals surface area contributed by atoms with Gasteiger partial charge in [0, 0.05) is 0 Å². The van der Waals surface area contributed by atoms with Crippen LogP contribution in [0.25, 0.3) is 16.7 Å². The van der Waals surface area contributed by atoms with Gasteiger partial charge in [-0.2, -0.15) is 0 Å². The molecule has 0 radical (unpaired) electrons. The Morgan fingerprint density at radius 2 is 0.963 bits per heavy atom. The molecule has 5 rings (SSSR count). The molecule has 0 atom stereocenters. The summed E-state index contributed by atoms with van der Waals surface area (Å²) in [5, 5.41) is 0. The smallest absolute Gasteiger partial charge is 0.0725 e. The van der Waals surface area contributed by atoms with E-state index < -0.39 is 0 Å². The zero-order chi connectivity index (χ0) is 17.0. The Morgan fingerprint density at radius 3 is 1.41 bits per heavy atom. The zero-order valence-electron chi connectivity index (χ0n) is 14.0. The highest BCUT2D eigenvalue weighted by Crippen LogP contribution is 2.61. The molecule has 0 amide bonds. The van der Waals surface area contributed by atoms with Gasteiger partial charge in [-0.3, -0.25) is 0 Å². The van der Waals surface area contributed by atoms with Crippen molar-refractivity contribution in [2.75, 3.05) is 0 Å². The van der Waals surface area contributed by atoms with Gasteiger partial charge in [0.05, 0.1) is 5.41 Å². The number of hydrogen-bond donors (Lipinski definition) is 0. The highest BCUT2D eigenvalue weighted by atomic mass is 14.5. The summed E-state index contributed by atoms with van der Waals surface area (Å²) in [5.74, 6) is 0. The maximum absolute atomic E-state index is 4.18. The first-order chi connectivity index (χ1) is 12.3. The summed E-state index contributed by atoms with van der Waals surface area (Å²) in [6.07, 6.45) is 4.00. The highest BCUT2D eigenvalue weighted by molar-refractivity contribution is 5.97. The van der Waals surface area contributed by atoms with E-state index in [4.69, 9.17) is 0 Å². The highest BCUT2D eigenvalue weighted by Gasteiger charge is 2.51. The number of benzene rings is 3. The van der Waals surface area contributed by atoms with E-state index in [0.717, 1.165) is 0 Å². The molecule has 2 aliphatic carbocycles. The maximum atomic E-state index is 4.18. The van der Waals surface area contributed by atoms with E-state index in [2.05, 4.69) is 86.0 Å². The first-order valence-electron chi connectivity index (χ1n) is 8.63. The minimum atomic E-state index is -0.283. The van der Waals surface area contributed by atoms with Gasteiger partial charge in [0.2, 0.25) is 0 Å². The summed E-state index contributed by atoms with van der Waals surface area (Å²) < 4.78 is 0. The molecule has 3 aromatic carbocycles. The van der Waals surface area contributed by atoms with Gasteiger partial charge in [-0.1, -0.05) is 113 Å². The van der Waals surface area contributed by atoms with Crippen molar-refractivity contribution in [2.24, 2.45) is 0 Å². The predicted molar refractivity (Wildman–Crippen MR) is 119 cm³/mol. The molecule has 0 heteroatoms. The second-order valence-electron chi connectivity index (χ2n) is 6.62. The van der Waals surface area contributed by atoms with E-state index in [-0.39, 0.29) is 20.3 Å². The molecule has 0 fully saturated rings. The molecule has 0 N–H and O–H groups in total. The minimum absolute atomic E-state index is 0. The van der Waals surface area contributed by atoms with Gasteiger partial charge in [0.1, 0.15) is 0 Å². The normalized spacial score (nSPS) is 14.5. The van der Waals surface area contributed by atoms with Crippen LogP contribution in [-0.2, 0) is 5.41 Å². The van der Waals surface area contributed by atoms with Crippen LogP contribution in [0.5, 0.6) is 0 Å². The number of fused-ring (bicyclic) bond motifs is 7. The zero-order valence-corrected chi connectivity index (χ0v) is 14.0. The summed E-state index contributed by atoms with van der Waals surface area (Å²) >= 11 is 0. The Hall–Kier alpha value is -3.12. The standard InChI is InChI=1S/C25H18.2CH4/c1-3-17-18-11-5-8-14-22(18)25(21(17)4-2)23-15-9-6-12-19(23)20-13-7-10-16-24(20)25;;/h3-16H,1-2H2;2*1H4. The topological polar surface area (TPSA) is 0 Å². The largest absolute Gasteiger partial charge is 0.0987 e. The molecule has 2 aliphatic rings. The Kier molecular flexibility index (Phi) is 4.53. The molecule has 3 aromatic rings. The summed E-state index contributed by atoms with van der Waals surface area (Å²) in [6.45, 7) is 8.28. The van der Waals surface area contributed by atoms with E-state index in [1.807, 2.05) is 12.2 Å². The lowest BCUT2D eigenvalue weighted by Crippen LogP contribution is -2.26. The lowest BCUT2D eigenvalue weighted by Gasteiger charge is -2.31. The summed E-state index contributed by atoms with van der Waals surface area (Å²) in [7, 11) is 0. The lowest BCUT2D eigenvalue weighted by atomic mass is 9.69. The molecule has 0 saturated heterocycles. The van der Waals surface area contributed by atoms with Crippen LogP contribution in [0.15, 0.2) is 104 Å². The Morgan fingerprint density at radius 1 is 0.556 bits per heavy atom. The molecular weight excluding hydrogens is 324 g/mol. The van der Waals surface area contributed by atoms with Crippen molar-refractivity contribution in [3.8, 4) is 11.1 Å². The van der Waals surface area contributed by atoms with Gasteiger partial charge < -0.3 is 0 Å². The van der Waals surface area contributed by atoms with E-state index in [0.29, 0.717) is 0 Å². The van der Waals surface area contributed by atoms with Crippen LogP contribution in [-0.4, -0.2) is 0 Å². The average Bonchev–Trinajstić information content (AvgIpc) is 3.14. The second kappa shape index (κ2) is 6.55. The van der Waals surface area contributed by atoms with Crippen LogP contribution in [0.2, 0.25) is 0 Å². The first-order valence-corrected chi connectivity index (χ1v) is 8.63. The van der Waals surface area contributed by atoms with E-state index in [1.165, 1.54) is 44.5 Å². The predicted octanol–water partition coefficient (Wildman–Crippen LogP) is 7.41. The Balaban J connectivity index is 0.00000105. The minimum Gasteiger partial charge on any atom is -0.0987 e. The van der Waals surface area contributed by atoms with E-state index in [1.54, 1.807) is 0 Å². The average molecular weight is 351 g/mol. The van der Waals surface area contributed by atoms with Crippen LogP contribution in [0.1, 0.15) is 37.1 Å². The van der Waals surface area contributed by atoms with Gasteiger partial charge in [-0.25, -0.2) is 0 Å². The lowest BCUT2D eigenvalue weighted by molar-refractivity contribution is 0.787. The fourth-order valence-electron chi connectivity index (χ4n) is 4.84. The van der Waals surface area contributed by atoms with Crippen molar-refractivity contribution in [2.45, 2.75) is 20.3 Å². The van der Waals surface area contributed by atoms with Crippen LogP contribution >= 0.6 is 0 Å². The molecule has 0 saturated carbocycles. The van der Waals surface area contributed by atoms with Crippen LogP contribution in [0.3, 0.4) is 0 Å². The fourth-order valence-corrected chi connectivity index (χ4v) is 4.84. The third-order valence-corrected chi connectivity index (χ3v) is 5.68. The van der Waals surface area contributed by atoms with Crippen molar-refractivity contribution in [3.05, 3.63) is 126 Å². The third-order valence-electron chi connectivity index (χ3n) is 5.68. The summed E-state index contributed by atoms with van der Waals surface area (Å²) in [6, 6.07) is 26.2. The first kappa shape index (κ1) is 18.7. The van der Waals surface area contributed by atoms with Gasteiger partial charge in [-0.15, -0.1) is 0 Å². The Labute approximate surface area is 163 Å². The van der Waals surface area contributed by atoms with Gasteiger partial charge >= 0.3 is 0 Å². The van der Waals surface area contributed by atoms with Gasteiger partial charge in [-0.05, 0) is 44.5 Å². The quantitative estimate of drug-likeness (QED) is 0.451. The summed E-state index contributed by atoms with van der Waals surface area (Å²) in [4.78, 5) is 0. The maximum Gasteiger partial charge on any atom is 0.0725 e. The Bertz CT molecular complexity index is 1030. The van der Waals surface area contributed by atoms with Crippen LogP contribution in [0, 0.1) is 0 Å². The summed E-state index contributed by atoms with van der Waals surface area (Å²) in [5.41, 5.74) is 10.1. The van der Waals surface area contributed by atoms with Gasteiger partial charge in [0.25, 0.3) is 0 Å². The number of hydrogen-bond acceptors (Lipinski definition) is 0. The third kappa shape index (κ3) is 2.04. The second-order valence-corrected chi connectivity index (χ2v) is 6.62. The number of rotatable bonds is 2. The molecule has 1 spiro atoms. The van der Waals surface area contributed by atoms with Crippen molar-refractivity contribution < 1.29 is 0 Å². The van der Waals surface area contributed by atoms with Crippen molar-refractivity contribution in [1.29, 1.82) is 0 Å². The molecule has 0 nitrogen and oxygen atoms in total. The van der Waals surface area contributed by atoms with Crippen LogP contribution in [0.4, 0.5) is 0 Å². The molecule has 0 aromatic heterocycles. The van der Waals surface area contributed by atoms with E-state index in [9.17, 15) is 0 Å². The van der Waals surface area contributed by atoms with E-state index >= 15 is 0 Å². The van der Waals surface area contributed by atoms with Gasteiger partial charge in [0.15, 0.2) is 0 Å². The monoisotopic (exact) mass is 350 g/mol. The van der Waals surface area contributed by atoms with Crippen molar-refractivity contribution >= 4 is 5.57 Å². The number of allylic oxidation sites excluding steroid dienone is 4. The molecule has 0 aliphatic heterocycles. The molecule has 0 unspecified atom stereocenters. The molecule has 0 bridgehead atoms. The molecular formula is C27H26. The molecule has 0 heterocycles. The van der Waals surface area contributed by atoms with Crippen molar-refractivity contribution in [3.63, 3.8) is 0 Å². The fraction of sp³-hybridized carbons (Fsp3) is 0.111. The van der Waals surface area contributed by atoms with Crippen LogP contribution < -0.4 is 0 Å². The molecule has 27 heavy (non-hydrogen) atoms. The SMILES string of the molecule is C.C.C=CC1=C(C=C)C2(c3ccccc31)c1ccccc1-c1ccccc12.